The first-order valence-corrected chi connectivity index (χ1v) is 7.96. The first-order chi connectivity index (χ1) is 9.25. The largest absolute Gasteiger partial charge is 0.355 e. The molecule has 19 heavy (non-hydrogen) atoms. The van der Waals surface area contributed by atoms with E-state index in [2.05, 4.69) is 15.5 Å². The van der Waals surface area contributed by atoms with Crippen LogP contribution in [-0.4, -0.2) is 79.1 Å². The van der Waals surface area contributed by atoms with Crippen molar-refractivity contribution in [2.45, 2.75) is 6.42 Å². The number of hydrogen-bond acceptors (Lipinski definition) is 5. The van der Waals surface area contributed by atoms with Crippen LogP contribution in [0.3, 0.4) is 0 Å². The van der Waals surface area contributed by atoms with Crippen LogP contribution in [0.5, 0.6) is 0 Å². The number of nitrogens with one attached hydrogen (secondary N) is 2. The molecule has 0 aromatic rings. The van der Waals surface area contributed by atoms with E-state index >= 15 is 0 Å². The van der Waals surface area contributed by atoms with Gasteiger partial charge in [-0.15, -0.1) is 11.8 Å². The van der Waals surface area contributed by atoms with E-state index in [0.717, 1.165) is 39.1 Å². The first kappa shape index (κ1) is 14.6. The Labute approximate surface area is 118 Å². The molecule has 0 aliphatic carbocycles. The molecule has 2 fully saturated rings. The zero-order valence-corrected chi connectivity index (χ0v) is 12.0. The van der Waals surface area contributed by atoms with Crippen molar-refractivity contribution in [2.24, 2.45) is 0 Å². The molecule has 7 heteroatoms. The molecular weight excluding hydrogens is 264 g/mol. The minimum absolute atomic E-state index is 0.0452. The summed E-state index contributed by atoms with van der Waals surface area (Å²) in [4.78, 5) is 27.0. The molecule has 2 rings (SSSR count). The van der Waals surface area contributed by atoms with Gasteiger partial charge in [-0.05, 0) is 13.0 Å². The standard InChI is InChI=1S/C12H22N4O2S/c17-11(8-16-10-19-9-12(16)18)14-2-1-5-15-6-3-13-4-7-15/h13H,1-10H2,(H,14,17). The summed E-state index contributed by atoms with van der Waals surface area (Å²) in [5, 5.41) is 6.20. The van der Waals surface area contributed by atoms with Gasteiger partial charge in [0.25, 0.3) is 0 Å². The fraction of sp³-hybridized carbons (Fsp3) is 0.833. The summed E-state index contributed by atoms with van der Waals surface area (Å²) in [6.45, 7) is 6.22. The molecule has 2 saturated heterocycles. The predicted octanol–water partition coefficient (Wildman–Crippen LogP) is -1.07. The van der Waals surface area contributed by atoms with Crippen molar-refractivity contribution in [3.05, 3.63) is 0 Å². The van der Waals surface area contributed by atoms with E-state index in [4.69, 9.17) is 0 Å². The van der Waals surface area contributed by atoms with E-state index in [9.17, 15) is 9.59 Å². The van der Waals surface area contributed by atoms with Gasteiger partial charge in [-0.1, -0.05) is 0 Å². The Morgan fingerprint density at radius 1 is 1.37 bits per heavy atom. The van der Waals surface area contributed by atoms with Crippen LogP contribution in [0.4, 0.5) is 0 Å². The minimum Gasteiger partial charge on any atom is -0.355 e. The Balaban J connectivity index is 1.52. The number of hydrogen-bond donors (Lipinski definition) is 2. The third kappa shape index (κ3) is 5.00. The molecule has 0 spiro atoms. The van der Waals surface area contributed by atoms with Crippen molar-refractivity contribution in [3.63, 3.8) is 0 Å². The molecule has 0 atom stereocenters. The summed E-state index contributed by atoms with van der Waals surface area (Å²) in [5.74, 6) is 1.18. The van der Waals surface area contributed by atoms with Gasteiger partial charge in [-0.3, -0.25) is 9.59 Å². The van der Waals surface area contributed by atoms with Gasteiger partial charge in [0.2, 0.25) is 11.8 Å². The van der Waals surface area contributed by atoms with Crippen LogP contribution in [0.2, 0.25) is 0 Å². The summed E-state index contributed by atoms with van der Waals surface area (Å²) < 4.78 is 0. The third-order valence-corrected chi connectivity index (χ3v) is 4.29. The van der Waals surface area contributed by atoms with Gasteiger partial charge < -0.3 is 20.4 Å². The molecule has 0 saturated carbocycles. The van der Waals surface area contributed by atoms with Gasteiger partial charge in [0.15, 0.2) is 0 Å². The average molecular weight is 286 g/mol. The van der Waals surface area contributed by atoms with Crippen LogP contribution in [-0.2, 0) is 9.59 Å². The lowest BCUT2D eigenvalue weighted by Gasteiger charge is -2.27. The molecular formula is C12H22N4O2S. The number of thioether (sulfide) groups is 1. The number of carbonyl (C=O) groups excluding carboxylic acids is 2. The second-order valence-electron chi connectivity index (χ2n) is 4.86. The number of rotatable bonds is 6. The molecule has 6 nitrogen and oxygen atoms in total. The van der Waals surface area contributed by atoms with Crippen LogP contribution in [0.1, 0.15) is 6.42 Å². The van der Waals surface area contributed by atoms with Crippen LogP contribution < -0.4 is 10.6 Å². The summed E-state index contributed by atoms with van der Waals surface area (Å²) in [5.41, 5.74) is 0. The van der Waals surface area contributed by atoms with E-state index in [-0.39, 0.29) is 18.4 Å². The molecule has 0 radical (unpaired) electrons. The molecule has 0 aromatic carbocycles. The second kappa shape index (κ2) is 7.72. The highest BCUT2D eigenvalue weighted by Gasteiger charge is 2.22. The number of piperazine rings is 1. The normalized spacial score (nSPS) is 20.8. The maximum Gasteiger partial charge on any atom is 0.239 e. The quantitative estimate of drug-likeness (QED) is 0.609. The summed E-state index contributed by atoms with van der Waals surface area (Å²) in [6, 6.07) is 0. The van der Waals surface area contributed by atoms with Crippen molar-refractivity contribution in [1.29, 1.82) is 0 Å². The molecule has 2 aliphatic heterocycles. The lowest BCUT2D eigenvalue weighted by atomic mass is 10.3. The fourth-order valence-electron chi connectivity index (χ4n) is 2.23. The number of nitrogens with zero attached hydrogens (tertiary/aromatic N) is 2. The molecule has 2 N–H and O–H groups in total. The Bertz CT molecular complexity index is 321. The average Bonchev–Trinajstić information content (AvgIpc) is 2.82. The van der Waals surface area contributed by atoms with Gasteiger partial charge in [-0.2, -0.15) is 0 Å². The molecule has 0 unspecified atom stereocenters. The topological polar surface area (TPSA) is 64.7 Å². The van der Waals surface area contributed by atoms with Crippen molar-refractivity contribution in [2.75, 3.05) is 57.4 Å². The highest BCUT2D eigenvalue weighted by molar-refractivity contribution is 8.00. The van der Waals surface area contributed by atoms with Gasteiger partial charge in [0.1, 0.15) is 6.54 Å². The molecule has 0 bridgehead atoms. The Hall–Kier alpha value is -0.790. The van der Waals surface area contributed by atoms with E-state index in [0.29, 0.717) is 18.2 Å². The molecule has 2 aliphatic rings. The van der Waals surface area contributed by atoms with Gasteiger partial charge >= 0.3 is 0 Å². The third-order valence-electron chi connectivity index (χ3n) is 3.34. The Morgan fingerprint density at radius 3 is 2.84 bits per heavy atom. The van der Waals surface area contributed by atoms with Crippen LogP contribution >= 0.6 is 11.8 Å². The first-order valence-electron chi connectivity index (χ1n) is 6.81. The van der Waals surface area contributed by atoms with Crippen molar-refractivity contribution < 1.29 is 9.59 Å². The summed E-state index contributed by atoms with van der Waals surface area (Å²) in [7, 11) is 0. The Kier molecular flexibility index (Phi) is 5.93. The van der Waals surface area contributed by atoms with Gasteiger partial charge in [-0.25, -0.2) is 0 Å². The smallest absolute Gasteiger partial charge is 0.239 e. The zero-order chi connectivity index (χ0) is 13.5. The van der Waals surface area contributed by atoms with Crippen LogP contribution in [0.15, 0.2) is 0 Å². The SMILES string of the molecule is O=C(CN1CSCC1=O)NCCCN1CCNCC1. The lowest BCUT2D eigenvalue weighted by Crippen LogP contribution is -2.44. The summed E-state index contributed by atoms with van der Waals surface area (Å²) in [6.07, 6.45) is 0.967. The minimum atomic E-state index is -0.0452. The van der Waals surface area contributed by atoms with Crippen molar-refractivity contribution in [1.82, 2.24) is 20.4 Å². The van der Waals surface area contributed by atoms with Crippen LogP contribution in [0, 0.1) is 0 Å². The molecule has 0 aromatic heterocycles. The second-order valence-corrected chi connectivity index (χ2v) is 5.82. The molecule has 2 heterocycles. The maximum atomic E-state index is 11.7. The van der Waals surface area contributed by atoms with Gasteiger partial charge in [0.05, 0.1) is 11.6 Å². The van der Waals surface area contributed by atoms with Crippen molar-refractivity contribution in [3.8, 4) is 0 Å². The van der Waals surface area contributed by atoms with E-state index in [1.165, 1.54) is 0 Å². The molecule has 2 amide bonds. The van der Waals surface area contributed by atoms with Crippen LogP contribution in [0.25, 0.3) is 0 Å². The maximum absolute atomic E-state index is 11.7. The highest BCUT2D eigenvalue weighted by Crippen LogP contribution is 2.13. The highest BCUT2D eigenvalue weighted by atomic mass is 32.2. The summed E-state index contributed by atoms with van der Waals surface area (Å²) >= 11 is 1.56. The van der Waals surface area contributed by atoms with E-state index in [1.54, 1.807) is 16.7 Å². The number of amides is 2. The zero-order valence-electron chi connectivity index (χ0n) is 11.2. The van der Waals surface area contributed by atoms with E-state index < -0.39 is 0 Å². The fourth-order valence-corrected chi connectivity index (χ4v) is 3.14. The van der Waals surface area contributed by atoms with E-state index in [1.807, 2.05) is 0 Å². The van der Waals surface area contributed by atoms with Gasteiger partial charge in [0, 0.05) is 32.7 Å². The Morgan fingerprint density at radius 2 is 2.16 bits per heavy atom. The number of carbonyl (C=O) groups is 2. The lowest BCUT2D eigenvalue weighted by molar-refractivity contribution is -0.132. The molecule has 108 valence electrons. The monoisotopic (exact) mass is 286 g/mol. The predicted molar refractivity (Wildman–Crippen MR) is 76.0 cm³/mol. The van der Waals surface area contributed by atoms with Crippen molar-refractivity contribution >= 4 is 23.6 Å².